The molecule has 1 saturated carbocycles. The standard InChI is InChI=1S/C14H13BrN2O2S/c15-8-1-2-11-9(5-8)14(13(19)16-11)6-10(14)12(18)17-3-4-20-7-17/h1-2,5,10H,3-4,6-7H2,(H,16,19). The minimum atomic E-state index is -0.608. The summed E-state index contributed by atoms with van der Waals surface area (Å²) >= 11 is 5.22. The van der Waals surface area contributed by atoms with Gasteiger partial charge < -0.3 is 10.2 Å². The highest BCUT2D eigenvalue weighted by Gasteiger charge is 2.68. The Hall–Kier alpha value is -1.01. The highest BCUT2D eigenvalue weighted by molar-refractivity contribution is 9.10. The van der Waals surface area contributed by atoms with E-state index in [2.05, 4.69) is 21.2 Å². The van der Waals surface area contributed by atoms with Crippen molar-refractivity contribution in [3.8, 4) is 0 Å². The summed E-state index contributed by atoms with van der Waals surface area (Å²) in [6.07, 6.45) is 0.641. The third-order valence-corrected chi connectivity index (χ3v) is 5.90. The number of halogens is 1. The zero-order chi connectivity index (χ0) is 13.9. The Labute approximate surface area is 129 Å². The highest BCUT2D eigenvalue weighted by atomic mass is 79.9. The number of thioether (sulfide) groups is 1. The molecular formula is C14H13BrN2O2S. The molecule has 2 heterocycles. The summed E-state index contributed by atoms with van der Waals surface area (Å²) in [4.78, 5) is 26.8. The number of amides is 2. The van der Waals surface area contributed by atoms with Gasteiger partial charge >= 0.3 is 0 Å². The van der Waals surface area contributed by atoms with Crippen molar-refractivity contribution in [3.63, 3.8) is 0 Å². The maximum atomic E-state index is 12.5. The minimum Gasteiger partial charge on any atom is -0.332 e. The van der Waals surface area contributed by atoms with E-state index in [0.29, 0.717) is 6.42 Å². The van der Waals surface area contributed by atoms with Crippen molar-refractivity contribution in [2.45, 2.75) is 11.8 Å². The monoisotopic (exact) mass is 352 g/mol. The average Bonchev–Trinajstić information content (AvgIpc) is 2.82. The molecule has 2 aliphatic heterocycles. The molecule has 2 amide bonds. The molecule has 2 fully saturated rings. The van der Waals surface area contributed by atoms with Crippen LogP contribution in [0.2, 0.25) is 0 Å². The van der Waals surface area contributed by atoms with Crippen molar-refractivity contribution in [3.05, 3.63) is 28.2 Å². The fourth-order valence-corrected chi connectivity index (χ4v) is 4.59. The van der Waals surface area contributed by atoms with E-state index >= 15 is 0 Å². The first-order valence-corrected chi connectivity index (χ1v) is 8.56. The molecule has 1 aliphatic carbocycles. The number of carbonyl (C=O) groups excluding carboxylic acids is 2. The third-order valence-electron chi connectivity index (χ3n) is 4.44. The van der Waals surface area contributed by atoms with Gasteiger partial charge in [0.25, 0.3) is 0 Å². The van der Waals surface area contributed by atoms with Crippen LogP contribution in [0.1, 0.15) is 12.0 Å². The van der Waals surface area contributed by atoms with E-state index in [0.717, 1.165) is 33.9 Å². The summed E-state index contributed by atoms with van der Waals surface area (Å²) in [6.45, 7) is 0.809. The van der Waals surface area contributed by atoms with Crippen LogP contribution in [0.3, 0.4) is 0 Å². The largest absolute Gasteiger partial charge is 0.332 e. The van der Waals surface area contributed by atoms with Gasteiger partial charge in [0.1, 0.15) is 0 Å². The quantitative estimate of drug-likeness (QED) is 0.842. The van der Waals surface area contributed by atoms with Crippen molar-refractivity contribution in [2.75, 3.05) is 23.5 Å². The van der Waals surface area contributed by atoms with Crippen LogP contribution >= 0.6 is 27.7 Å². The highest BCUT2D eigenvalue weighted by Crippen LogP contribution is 2.61. The number of rotatable bonds is 1. The lowest BCUT2D eigenvalue weighted by atomic mass is 9.94. The predicted molar refractivity (Wildman–Crippen MR) is 81.6 cm³/mol. The number of nitrogens with zero attached hydrogens (tertiary/aromatic N) is 1. The Morgan fingerprint density at radius 1 is 1.50 bits per heavy atom. The van der Waals surface area contributed by atoms with Crippen LogP contribution in [-0.2, 0) is 15.0 Å². The second kappa shape index (κ2) is 4.24. The maximum absolute atomic E-state index is 12.5. The molecule has 1 aromatic rings. The lowest BCUT2D eigenvalue weighted by molar-refractivity contribution is -0.133. The molecule has 104 valence electrons. The van der Waals surface area contributed by atoms with Gasteiger partial charge in [0.2, 0.25) is 11.8 Å². The lowest BCUT2D eigenvalue weighted by Crippen LogP contribution is -2.33. The second-order valence-corrected chi connectivity index (χ2v) is 7.50. The second-order valence-electron chi connectivity index (χ2n) is 5.51. The molecule has 20 heavy (non-hydrogen) atoms. The Morgan fingerprint density at radius 2 is 2.35 bits per heavy atom. The molecule has 4 nitrogen and oxygen atoms in total. The summed E-state index contributed by atoms with van der Waals surface area (Å²) in [6, 6.07) is 5.78. The van der Waals surface area contributed by atoms with E-state index in [1.165, 1.54) is 0 Å². The van der Waals surface area contributed by atoms with Crippen molar-refractivity contribution in [1.29, 1.82) is 0 Å². The summed E-state index contributed by atoms with van der Waals surface area (Å²) in [5, 5.41) is 2.92. The van der Waals surface area contributed by atoms with Crippen LogP contribution < -0.4 is 5.32 Å². The molecule has 1 spiro atoms. The first kappa shape index (κ1) is 12.7. The molecule has 0 aromatic heterocycles. The Balaban J connectivity index is 1.68. The summed E-state index contributed by atoms with van der Waals surface area (Å²) in [5.74, 6) is 1.70. The molecule has 1 aromatic carbocycles. The van der Waals surface area contributed by atoms with E-state index in [1.54, 1.807) is 11.8 Å². The molecule has 0 radical (unpaired) electrons. The van der Waals surface area contributed by atoms with Gasteiger partial charge in [-0.1, -0.05) is 15.9 Å². The Morgan fingerprint density at radius 3 is 3.10 bits per heavy atom. The van der Waals surface area contributed by atoms with E-state index < -0.39 is 5.41 Å². The van der Waals surface area contributed by atoms with Crippen LogP contribution in [0, 0.1) is 5.92 Å². The van der Waals surface area contributed by atoms with Crippen LogP contribution in [0.5, 0.6) is 0 Å². The molecule has 1 saturated heterocycles. The van der Waals surface area contributed by atoms with Gasteiger partial charge in [-0.15, -0.1) is 11.8 Å². The van der Waals surface area contributed by atoms with Crippen molar-refractivity contribution in [2.24, 2.45) is 5.92 Å². The normalized spacial score (nSPS) is 30.6. The zero-order valence-corrected chi connectivity index (χ0v) is 13.1. The first-order chi connectivity index (χ1) is 9.63. The first-order valence-electron chi connectivity index (χ1n) is 6.61. The van der Waals surface area contributed by atoms with Crippen molar-refractivity contribution < 1.29 is 9.59 Å². The van der Waals surface area contributed by atoms with E-state index in [1.807, 2.05) is 23.1 Å². The minimum absolute atomic E-state index is 0.0178. The van der Waals surface area contributed by atoms with Gasteiger partial charge in [0.05, 0.1) is 17.2 Å². The van der Waals surface area contributed by atoms with E-state index in [-0.39, 0.29) is 17.7 Å². The predicted octanol–water partition coefficient (Wildman–Crippen LogP) is 2.19. The SMILES string of the molecule is O=C(C1CC12C(=O)Nc1ccc(Br)cc12)N1CCSC1. The lowest BCUT2D eigenvalue weighted by Gasteiger charge is -2.16. The van der Waals surface area contributed by atoms with Gasteiger partial charge in [0.15, 0.2) is 0 Å². The van der Waals surface area contributed by atoms with Crippen LogP contribution in [-0.4, -0.2) is 34.9 Å². The van der Waals surface area contributed by atoms with E-state index in [4.69, 9.17) is 0 Å². The summed E-state index contributed by atoms with van der Waals surface area (Å²) in [5.41, 5.74) is 1.22. The molecule has 0 bridgehead atoms. The number of anilines is 1. The summed E-state index contributed by atoms with van der Waals surface area (Å²) < 4.78 is 0.946. The van der Waals surface area contributed by atoms with Gasteiger partial charge in [0, 0.05) is 22.5 Å². The molecule has 1 N–H and O–H groups in total. The Bertz CT molecular complexity index is 630. The van der Waals surface area contributed by atoms with Crippen molar-refractivity contribution in [1.82, 2.24) is 4.90 Å². The third kappa shape index (κ3) is 1.61. The Kier molecular flexibility index (Phi) is 2.70. The van der Waals surface area contributed by atoms with Crippen LogP contribution in [0.4, 0.5) is 5.69 Å². The fourth-order valence-electron chi connectivity index (χ4n) is 3.27. The fraction of sp³-hybridized carbons (Fsp3) is 0.429. The van der Waals surface area contributed by atoms with Gasteiger partial charge in [-0.05, 0) is 30.2 Å². The topological polar surface area (TPSA) is 49.4 Å². The number of fused-ring (bicyclic) bond motifs is 2. The van der Waals surface area contributed by atoms with Crippen molar-refractivity contribution >= 4 is 45.2 Å². The van der Waals surface area contributed by atoms with Crippen LogP contribution in [0.15, 0.2) is 22.7 Å². The zero-order valence-electron chi connectivity index (χ0n) is 10.7. The van der Waals surface area contributed by atoms with Crippen LogP contribution in [0.25, 0.3) is 0 Å². The molecular weight excluding hydrogens is 340 g/mol. The average molecular weight is 353 g/mol. The van der Waals surface area contributed by atoms with E-state index in [9.17, 15) is 9.59 Å². The number of benzene rings is 1. The summed E-state index contributed by atoms with van der Waals surface area (Å²) in [7, 11) is 0. The number of hydrogen-bond acceptors (Lipinski definition) is 3. The molecule has 2 atom stereocenters. The number of nitrogens with one attached hydrogen (secondary N) is 1. The van der Waals surface area contributed by atoms with Gasteiger partial charge in [-0.2, -0.15) is 0 Å². The molecule has 6 heteroatoms. The smallest absolute Gasteiger partial charge is 0.235 e. The maximum Gasteiger partial charge on any atom is 0.235 e. The number of carbonyl (C=O) groups is 2. The van der Waals surface area contributed by atoms with Gasteiger partial charge in [-0.25, -0.2) is 0 Å². The molecule has 4 rings (SSSR count). The van der Waals surface area contributed by atoms with Gasteiger partial charge in [-0.3, -0.25) is 9.59 Å². The number of hydrogen-bond donors (Lipinski definition) is 1. The molecule has 3 aliphatic rings. The molecule has 2 unspecified atom stereocenters.